The smallest absolute Gasteiger partial charge is 0.283 e. The molecule has 2 aliphatic rings. The van der Waals surface area contributed by atoms with Gasteiger partial charge in [0.2, 0.25) is 5.17 Å². The molecular formula is C29H33BrN4O4S. The first-order valence-electron chi connectivity index (χ1n) is 13.3. The molecule has 1 N–H and O–H groups in total. The van der Waals surface area contributed by atoms with Crippen LogP contribution in [0.4, 0.5) is 0 Å². The number of hydrogen-bond donors (Lipinski definition) is 1. The lowest BCUT2D eigenvalue weighted by atomic mass is 10.1. The van der Waals surface area contributed by atoms with Crippen molar-refractivity contribution in [1.82, 2.24) is 5.01 Å². The molecule has 0 saturated heterocycles. The number of halogens is 1. The molecule has 2 aromatic carbocycles. The number of carbonyl (C=O) groups is 1. The molecule has 0 radical (unpaired) electrons. The van der Waals surface area contributed by atoms with Gasteiger partial charge in [-0.2, -0.15) is 15.1 Å². The van der Waals surface area contributed by atoms with Crippen molar-refractivity contribution in [3.8, 4) is 17.2 Å². The highest BCUT2D eigenvalue weighted by atomic mass is 79.9. The maximum Gasteiger partial charge on any atom is 0.283 e. The highest BCUT2D eigenvalue weighted by Gasteiger charge is 2.35. The van der Waals surface area contributed by atoms with Crippen LogP contribution >= 0.6 is 27.7 Å². The van der Waals surface area contributed by atoms with E-state index in [1.54, 1.807) is 18.2 Å². The first-order valence-corrected chi connectivity index (χ1v) is 14.9. The zero-order valence-corrected chi connectivity index (χ0v) is 24.6. The van der Waals surface area contributed by atoms with Gasteiger partial charge in [-0.25, -0.2) is 0 Å². The maximum atomic E-state index is 12.8. The highest BCUT2D eigenvalue weighted by molar-refractivity contribution is 9.10. The molecule has 2 aliphatic heterocycles. The van der Waals surface area contributed by atoms with E-state index in [9.17, 15) is 4.79 Å². The Morgan fingerprint density at radius 2 is 1.74 bits per heavy atom. The number of aliphatic imine (C=N–C) groups is 1. The van der Waals surface area contributed by atoms with Gasteiger partial charge in [-0.1, -0.05) is 54.6 Å². The van der Waals surface area contributed by atoms with Crippen LogP contribution in [0, 0.1) is 5.41 Å². The van der Waals surface area contributed by atoms with Crippen molar-refractivity contribution in [3.63, 3.8) is 0 Å². The van der Waals surface area contributed by atoms with E-state index in [1.165, 1.54) is 36.0 Å². The number of thioether (sulfide) groups is 1. The number of nitrogens with one attached hydrogen (secondary N) is 1. The summed E-state index contributed by atoms with van der Waals surface area (Å²) < 4.78 is 18.4. The summed E-state index contributed by atoms with van der Waals surface area (Å²) in [5.74, 6) is 1.48. The first-order chi connectivity index (χ1) is 19.0. The molecule has 2 heterocycles. The number of unbranched alkanes of at least 4 members (excludes halogenated alkanes) is 4. The minimum Gasteiger partial charge on any atom is -0.490 e. The Morgan fingerprint density at radius 1 is 0.974 bits per heavy atom. The van der Waals surface area contributed by atoms with Gasteiger partial charge in [0.05, 0.1) is 12.2 Å². The molecule has 0 unspecified atom stereocenters. The third-order valence-corrected chi connectivity index (χ3v) is 7.49. The van der Waals surface area contributed by atoms with Crippen LogP contribution in [0.5, 0.6) is 17.2 Å². The van der Waals surface area contributed by atoms with Gasteiger partial charge >= 0.3 is 0 Å². The van der Waals surface area contributed by atoms with Gasteiger partial charge in [-0.05, 0) is 79.6 Å². The highest BCUT2D eigenvalue weighted by Crippen LogP contribution is 2.32. The van der Waals surface area contributed by atoms with Gasteiger partial charge in [0, 0.05) is 4.47 Å². The summed E-state index contributed by atoms with van der Waals surface area (Å²) in [6.45, 7) is 5.26. The number of fused-ring (bicyclic) bond motifs is 1. The van der Waals surface area contributed by atoms with Gasteiger partial charge in [0.15, 0.2) is 17.3 Å². The molecule has 0 atom stereocenters. The van der Waals surface area contributed by atoms with Crippen molar-refractivity contribution in [2.75, 3.05) is 19.8 Å². The van der Waals surface area contributed by atoms with Gasteiger partial charge in [0.25, 0.3) is 5.91 Å². The predicted molar refractivity (Wildman–Crippen MR) is 161 cm³/mol. The molecule has 39 heavy (non-hydrogen) atoms. The van der Waals surface area contributed by atoms with E-state index >= 15 is 0 Å². The molecule has 0 aliphatic carbocycles. The lowest BCUT2D eigenvalue weighted by Gasteiger charge is -2.20. The van der Waals surface area contributed by atoms with Crippen LogP contribution in [0.25, 0.3) is 6.08 Å². The second-order valence-corrected chi connectivity index (χ2v) is 10.9. The SMILES string of the molecule is CCCCCCCC1=NN2C(=N)C(=Cc3ccc(OCCOc4ccc(Br)cc4)c(OCC)c3)C(=O)N=C2S1. The summed E-state index contributed by atoms with van der Waals surface area (Å²) in [5, 5.41) is 16.0. The standard InChI is InChI=1S/C29H33BrN4O4S/c1-3-5-6-7-8-9-26-33-34-27(31)23(28(35)32-29(34)39-26)18-20-10-15-24(25(19-20)36-4-2)38-17-16-37-22-13-11-21(30)12-14-22/h10-15,18-19,31H,3-9,16-17H2,1-2H3. The normalized spacial score (nSPS) is 15.8. The molecule has 0 fully saturated rings. The Kier molecular flexibility index (Phi) is 10.6. The number of ether oxygens (including phenoxy) is 3. The summed E-state index contributed by atoms with van der Waals surface area (Å²) in [6.07, 6.45) is 8.34. The molecule has 206 valence electrons. The van der Waals surface area contributed by atoms with E-state index in [0.717, 1.165) is 34.5 Å². The molecule has 0 saturated carbocycles. The third-order valence-electron chi connectivity index (χ3n) is 5.99. The zero-order chi connectivity index (χ0) is 27.6. The molecule has 1 amide bonds. The Bertz CT molecular complexity index is 1280. The summed E-state index contributed by atoms with van der Waals surface area (Å²) in [6, 6.07) is 13.0. The number of benzene rings is 2. The lowest BCUT2D eigenvalue weighted by molar-refractivity contribution is -0.114. The number of rotatable bonds is 14. The molecule has 2 aromatic rings. The topological polar surface area (TPSA) is 96.6 Å². The lowest BCUT2D eigenvalue weighted by Crippen LogP contribution is -2.35. The second kappa shape index (κ2) is 14.3. The van der Waals surface area contributed by atoms with Gasteiger partial charge in [-0.15, -0.1) is 0 Å². The van der Waals surface area contributed by atoms with Crippen LogP contribution < -0.4 is 14.2 Å². The maximum absolute atomic E-state index is 12.8. The van der Waals surface area contributed by atoms with E-state index in [-0.39, 0.29) is 11.4 Å². The van der Waals surface area contributed by atoms with Gasteiger partial charge < -0.3 is 14.2 Å². The third kappa shape index (κ3) is 7.95. The molecule has 10 heteroatoms. The summed E-state index contributed by atoms with van der Waals surface area (Å²) in [4.78, 5) is 17.0. The van der Waals surface area contributed by atoms with Crippen molar-refractivity contribution in [2.45, 2.75) is 52.4 Å². The second-order valence-electron chi connectivity index (χ2n) is 8.97. The van der Waals surface area contributed by atoms with Crippen LogP contribution in [0.2, 0.25) is 0 Å². The van der Waals surface area contributed by atoms with E-state index in [1.807, 2.05) is 37.3 Å². The average molecular weight is 614 g/mol. The molecule has 0 aromatic heterocycles. The van der Waals surface area contributed by atoms with E-state index in [0.29, 0.717) is 42.1 Å². The molecule has 0 bridgehead atoms. The van der Waals surface area contributed by atoms with Crippen molar-refractivity contribution < 1.29 is 19.0 Å². The number of amides is 1. The minimum absolute atomic E-state index is 0.0295. The van der Waals surface area contributed by atoms with Gasteiger partial charge in [0.1, 0.15) is 24.0 Å². The number of hydrazone groups is 1. The number of carbonyl (C=O) groups excluding carboxylic acids is 1. The Hall–Kier alpha value is -3.11. The van der Waals surface area contributed by atoms with Crippen molar-refractivity contribution in [2.24, 2.45) is 10.1 Å². The van der Waals surface area contributed by atoms with Crippen molar-refractivity contribution >= 4 is 55.7 Å². The monoisotopic (exact) mass is 612 g/mol. The minimum atomic E-state index is -0.443. The van der Waals surface area contributed by atoms with Crippen LogP contribution in [0.3, 0.4) is 0 Å². The van der Waals surface area contributed by atoms with Crippen LogP contribution in [-0.2, 0) is 4.79 Å². The predicted octanol–water partition coefficient (Wildman–Crippen LogP) is 7.29. The fourth-order valence-corrected chi connectivity index (χ4v) is 5.21. The Labute approximate surface area is 242 Å². The Balaban J connectivity index is 1.40. The van der Waals surface area contributed by atoms with Crippen LogP contribution in [0.15, 0.2) is 62.6 Å². The van der Waals surface area contributed by atoms with Gasteiger partial charge in [-0.3, -0.25) is 10.2 Å². The summed E-state index contributed by atoms with van der Waals surface area (Å²) >= 11 is 4.79. The quantitative estimate of drug-likeness (QED) is 0.178. The zero-order valence-electron chi connectivity index (χ0n) is 22.2. The van der Waals surface area contributed by atoms with Crippen LogP contribution in [-0.4, -0.2) is 46.8 Å². The largest absolute Gasteiger partial charge is 0.490 e. The first kappa shape index (κ1) is 28.9. The Morgan fingerprint density at radius 3 is 2.51 bits per heavy atom. The average Bonchev–Trinajstić information content (AvgIpc) is 3.34. The number of nitrogens with zero attached hydrogens (tertiary/aromatic N) is 3. The molecule has 8 nitrogen and oxygen atoms in total. The fraction of sp³-hybridized carbons (Fsp3) is 0.379. The van der Waals surface area contributed by atoms with Crippen molar-refractivity contribution in [1.29, 1.82) is 5.41 Å². The number of hydrogen-bond acceptors (Lipinski definition) is 7. The molecular weight excluding hydrogens is 580 g/mol. The van der Waals surface area contributed by atoms with E-state index in [2.05, 4.69) is 32.9 Å². The number of amidine groups is 2. The van der Waals surface area contributed by atoms with Crippen molar-refractivity contribution in [3.05, 3.63) is 58.1 Å². The summed E-state index contributed by atoms with van der Waals surface area (Å²) in [5.41, 5.74) is 0.891. The van der Waals surface area contributed by atoms with Crippen LogP contribution in [0.1, 0.15) is 57.9 Å². The fourth-order valence-electron chi connectivity index (χ4n) is 4.02. The van der Waals surface area contributed by atoms with E-state index < -0.39 is 5.91 Å². The van der Waals surface area contributed by atoms with E-state index in [4.69, 9.17) is 19.6 Å². The summed E-state index contributed by atoms with van der Waals surface area (Å²) in [7, 11) is 0. The molecule has 0 spiro atoms. The molecule has 4 rings (SSSR count).